The zero-order valence-electron chi connectivity index (χ0n) is 18.0. The van der Waals surface area contributed by atoms with Crippen LogP contribution in [0.25, 0.3) is 5.65 Å². The summed E-state index contributed by atoms with van der Waals surface area (Å²) >= 11 is 0. The number of nitrogens with one attached hydrogen (secondary N) is 1. The number of carbonyl (C=O) groups is 1. The molecule has 2 aliphatic rings. The lowest BCUT2D eigenvalue weighted by molar-refractivity contribution is 0.0924. The highest BCUT2D eigenvalue weighted by Gasteiger charge is 2.25. The molecule has 6 nitrogen and oxygen atoms in total. The quantitative estimate of drug-likeness (QED) is 0.677. The maximum Gasteiger partial charge on any atom is 0.274 e. The summed E-state index contributed by atoms with van der Waals surface area (Å²) < 4.78 is 2.04. The Labute approximate surface area is 183 Å². The van der Waals surface area contributed by atoms with Crippen LogP contribution < -0.4 is 5.32 Å². The maximum atomic E-state index is 12.9. The Kier molecular flexibility index (Phi) is 5.98. The van der Waals surface area contributed by atoms with Crippen LogP contribution in [0.4, 0.5) is 0 Å². The molecule has 1 aliphatic heterocycles. The number of hydrogen-bond donors (Lipinski definition) is 1. The third-order valence-corrected chi connectivity index (χ3v) is 6.87. The molecule has 1 saturated carbocycles. The molecule has 0 atom stereocenters. The normalized spacial score (nSPS) is 19.0. The van der Waals surface area contributed by atoms with Gasteiger partial charge in [-0.25, -0.2) is 9.97 Å². The molecule has 3 aromatic rings. The van der Waals surface area contributed by atoms with Crippen LogP contribution >= 0.6 is 0 Å². The smallest absolute Gasteiger partial charge is 0.274 e. The number of imidazole rings is 1. The maximum absolute atomic E-state index is 12.9. The van der Waals surface area contributed by atoms with Crippen molar-refractivity contribution in [1.29, 1.82) is 0 Å². The summed E-state index contributed by atoms with van der Waals surface area (Å²) in [6, 6.07) is 13.0. The van der Waals surface area contributed by atoms with E-state index in [1.165, 1.54) is 30.5 Å². The molecule has 162 valence electrons. The van der Waals surface area contributed by atoms with Gasteiger partial charge >= 0.3 is 0 Å². The molecule has 5 rings (SSSR count). The number of rotatable bonds is 5. The molecule has 2 fully saturated rings. The first kappa shape index (κ1) is 20.2. The summed E-state index contributed by atoms with van der Waals surface area (Å²) in [5.41, 5.74) is 3.72. The molecular formula is C25H31N5O. The van der Waals surface area contributed by atoms with E-state index in [-0.39, 0.29) is 11.9 Å². The van der Waals surface area contributed by atoms with Crippen molar-refractivity contribution >= 4 is 11.6 Å². The van der Waals surface area contributed by atoms with Crippen LogP contribution in [0.1, 0.15) is 72.6 Å². The Morgan fingerprint density at radius 2 is 1.74 bits per heavy atom. The summed E-state index contributed by atoms with van der Waals surface area (Å²) in [5.74, 6) is 0.373. The SMILES string of the molecule is O=C(NC1CCCCC1)c1ncn2c(C3CCN(Cc4ccccc4)CC3)ccnc12. The third kappa shape index (κ3) is 4.49. The van der Waals surface area contributed by atoms with E-state index in [2.05, 4.69) is 56.6 Å². The van der Waals surface area contributed by atoms with Crippen molar-refractivity contribution in [3.8, 4) is 0 Å². The number of amides is 1. The minimum atomic E-state index is -0.0864. The molecule has 3 heterocycles. The van der Waals surface area contributed by atoms with Crippen molar-refractivity contribution in [1.82, 2.24) is 24.6 Å². The molecule has 0 radical (unpaired) electrons. The highest BCUT2D eigenvalue weighted by atomic mass is 16.2. The molecule has 1 N–H and O–H groups in total. The molecule has 1 aliphatic carbocycles. The summed E-state index contributed by atoms with van der Waals surface area (Å²) in [6.45, 7) is 3.16. The van der Waals surface area contributed by atoms with Gasteiger partial charge in [0.1, 0.15) is 6.33 Å². The third-order valence-electron chi connectivity index (χ3n) is 6.87. The van der Waals surface area contributed by atoms with Crippen LogP contribution in [0.2, 0.25) is 0 Å². The summed E-state index contributed by atoms with van der Waals surface area (Å²) in [7, 11) is 0. The van der Waals surface area contributed by atoms with Crippen molar-refractivity contribution in [3.63, 3.8) is 0 Å². The van der Waals surface area contributed by atoms with Gasteiger partial charge in [0.2, 0.25) is 0 Å². The lowest BCUT2D eigenvalue weighted by Crippen LogP contribution is -2.36. The van der Waals surface area contributed by atoms with Gasteiger partial charge in [0.25, 0.3) is 5.91 Å². The average molecular weight is 418 g/mol. The predicted octanol–water partition coefficient (Wildman–Crippen LogP) is 4.17. The van der Waals surface area contributed by atoms with Crippen LogP contribution in [0.5, 0.6) is 0 Å². The van der Waals surface area contributed by atoms with E-state index < -0.39 is 0 Å². The fraction of sp³-hybridized carbons (Fsp3) is 0.480. The number of likely N-dealkylation sites (tertiary alicyclic amines) is 1. The Morgan fingerprint density at radius 3 is 2.52 bits per heavy atom. The van der Waals surface area contributed by atoms with Gasteiger partial charge in [-0.1, -0.05) is 49.6 Å². The van der Waals surface area contributed by atoms with Gasteiger partial charge in [-0.05, 0) is 50.4 Å². The molecule has 31 heavy (non-hydrogen) atoms. The van der Waals surface area contributed by atoms with E-state index in [0.717, 1.165) is 45.3 Å². The van der Waals surface area contributed by atoms with Crippen LogP contribution in [0.3, 0.4) is 0 Å². The number of fused-ring (bicyclic) bond motifs is 1. The second-order valence-electron chi connectivity index (χ2n) is 9.00. The fourth-order valence-electron chi connectivity index (χ4n) is 5.14. The largest absolute Gasteiger partial charge is 0.348 e. The highest BCUT2D eigenvalue weighted by Crippen LogP contribution is 2.29. The van der Waals surface area contributed by atoms with E-state index in [9.17, 15) is 4.79 Å². The molecule has 6 heteroatoms. The minimum absolute atomic E-state index is 0.0864. The Morgan fingerprint density at radius 1 is 0.968 bits per heavy atom. The molecule has 1 aromatic carbocycles. The number of aromatic nitrogens is 3. The van der Waals surface area contributed by atoms with E-state index in [1.54, 1.807) is 6.33 Å². The lowest BCUT2D eigenvalue weighted by Gasteiger charge is -2.32. The Bertz CT molecular complexity index is 1020. The molecule has 0 spiro atoms. The van der Waals surface area contributed by atoms with Gasteiger partial charge in [-0.2, -0.15) is 0 Å². The summed E-state index contributed by atoms with van der Waals surface area (Å²) in [4.78, 5) is 24.4. The molecule has 1 amide bonds. The van der Waals surface area contributed by atoms with Gasteiger partial charge in [-0.15, -0.1) is 0 Å². The van der Waals surface area contributed by atoms with Crippen LogP contribution in [0.15, 0.2) is 48.9 Å². The van der Waals surface area contributed by atoms with Gasteiger partial charge in [0.05, 0.1) is 0 Å². The molecule has 2 aromatic heterocycles. The van der Waals surface area contributed by atoms with E-state index in [4.69, 9.17) is 0 Å². The number of hydrogen-bond acceptors (Lipinski definition) is 4. The number of piperidine rings is 1. The van der Waals surface area contributed by atoms with E-state index >= 15 is 0 Å². The standard InChI is InChI=1S/C25H31N5O/c31-25(28-21-9-5-2-6-10-21)23-24-26-14-11-22(30(24)18-27-23)20-12-15-29(16-13-20)17-19-7-3-1-4-8-19/h1,3-4,7-8,11,14,18,20-21H,2,5-6,9-10,12-13,15-17H2,(H,28,31). The predicted molar refractivity (Wildman–Crippen MR) is 121 cm³/mol. The summed E-state index contributed by atoms with van der Waals surface area (Å²) in [5, 5.41) is 3.18. The van der Waals surface area contributed by atoms with Crippen molar-refractivity contribution < 1.29 is 4.79 Å². The lowest BCUT2D eigenvalue weighted by atomic mass is 9.93. The van der Waals surface area contributed by atoms with Gasteiger partial charge in [0.15, 0.2) is 11.3 Å². The number of benzene rings is 1. The Balaban J connectivity index is 1.27. The van der Waals surface area contributed by atoms with Crippen LogP contribution in [-0.2, 0) is 6.54 Å². The number of carbonyl (C=O) groups excluding carboxylic acids is 1. The monoisotopic (exact) mass is 417 g/mol. The van der Waals surface area contributed by atoms with Crippen LogP contribution in [-0.4, -0.2) is 44.3 Å². The fourth-order valence-corrected chi connectivity index (χ4v) is 5.14. The topological polar surface area (TPSA) is 62.5 Å². The first-order chi connectivity index (χ1) is 15.3. The molecule has 1 saturated heterocycles. The second-order valence-corrected chi connectivity index (χ2v) is 9.00. The minimum Gasteiger partial charge on any atom is -0.348 e. The number of nitrogens with zero attached hydrogens (tertiary/aromatic N) is 4. The van der Waals surface area contributed by atoms with Crippen molar-refractivity contribution in [3.05, 3.63) is 65.9 Å². The highest BCUT2D eigenvalue weighted by molar-refractivity contribution is 5.98. The first-order valence-electron chi connectivity index (χ1n) is 11.7. The van der Waals surface area contributed by atoms with Gasteiger partial charge in [0, 0.05) is 30.4 Å². The molecule has 0 bridgehead atoms. The first-order valence-corrected chi connectivity index (χ1v) is 11.7. The zero-order valence-corrected chi connectivity index (χ0v) is 18.0. The second kappa shape index (κ2) is 9.18. The van der Waals surface area contributed by atoms with Crippen molar-refractivity contribution in [2.24, 2.45) is 0 Å². The Hall–Kier alpha value is -2.73. The van der Waals surface area contributed by atoms with Crippen LogP contribution in [0, 0.1) is 0 Å². The average Bonchev–Trinajstić information content (AvgIpc) is 3.26. The summed E-state index contributed by atoms with van der Waals surface area (Å²) in [6.07, 6.45) is 11.6. The van der Waals surface area contributed by atoms with Crippen molar-refractivity contribution in [2.45, 2.75) is 63.5 Å². The van der Waals surface area contributed by atoms with E-state index in [1.807, 2.05) is 10.6 Å². The van der Waals surface area contributed by atoms with Crippen molar-refractivity contribution in [2.75, 3.05) is 13.1 Å². The van der Waals surface area contributed by atoms with E-state index in [0.29, 0.717) is 17.3 Å². The molecular weight excluding hydrogens is 386 g/mol. The molecule has 0 unspecified atom stereocenters. The van der Waals surface area contributed by atoms with Gasteiger partial charge in [-0.3, -0.25) is 14.1 Å². The zero-order chi connectivity index (χ0) is 21.0. The van der Waals surface area contributed by atoms with Gasteiger partial charge < -0.3 is 5.32 Å².